The summed E-state index contributed by atoms with van der Waals surface area (Å²) in [5, 5.41) is 23.0. The van der Waals surface area contributed by atoms with Gasteiger partial charge in [0.2, 0.25) is 0 Å². The number of aliphatic hydroxyl groups excluding tert-OH is 2. The number of amides is 1. The molecule has 1 atom stereocenters. The smallest absolute Gasteiger partial charge is 0.257 e. The van der Waals surface area contributed by atoms with Gasteiger partial charge >= 0.3 is 0 Å². The van der Waals surface area contributed by atoms with Crippen LogP contribution in [0.25, 0.3) is 0 Å². The van der Waals surface area contributed by atoms with Crippen LogP contribution in [0.2, 0.25) is 0 Å². The van der Waals surface area contributed by atoms with Crippen LogP contribution < -0.4 is 14.8 Å². The van der Waals surface area contributed by atoms with E-state index in [0.717, 1.165) is 6.26 Å². The standard InChI is InChI=1S/C21H22N2O7S2/c1-13(10-24)29-17-7-14(20(26)23-21-22-15(11-25)12-31-21)8-18(9-17)30-16-3-5-19(6-4-16)32(2,27)28/h3-9,12-13,24-25H,10-11H2,1-2H3,(H,22,23,26). The van der Waals surface area contributed by atoms with Crippen molar-refractivity contribution in [3.8, 4) is 17.2 Å². The fraction of sp³-hybridized carbons (Fsp3) is 0.238. The molecule has 11 heteroatoms. The van der Waals surface area contributed by atoms with Crippen molar-refractivity contribution >= 4 is 32.2 Å². The summed E-state index contributed by atoms with van der Waals surface area (Å²) in [5.74, 6) is 0.476. The third-order valence-corrected chi connectivity index (χ3v) is 6.09. The van der Waals surface area contributed by atoms with Gasteiger partial charge in [0.1, 0.15) is 23.4 Å². The van der Waals surface area contributed by atoms with Gasteiger partial charge in [-0.3, -0.25) is 10.1 Å². The molecule has 0 fully saturated rings. The molecule has 170 valence electrons. The van der Waals surface area contributed by atoms with Crippen molar-refractivity contribution in [2.24, 2.45) is 0 Å². The van der Waals surface area contributed by atoms with Crippen LogP contribution in [0.1, 0.15) is 23.0 Å². The van der Waals surface area contributed by atoms with Crippen LogP contribution in [0.15, 0.2) is 52.7 Å². The van der Waals surface area contributed by atoms with Crippen molar-refractivity contribution < 1.29 is 32.9 Å². The molecule has 9 nitrogen and oxygen atoms in total. The predicted molar refractivity (Wildman–Crippen MR) is 119 cm³/mol. The van der Waals surface area contributed by atoms with E-state index in [1.807, 2.05) is 0 Å². The second-order valence-corrected chi connectivity index (χ2v) is 9.78. The monoisotopic (exact) mass is 478 g/mol. The Labute approximate surface area is 189 Å². The van der Waals surface area contributed by atoms with Gasteiger partial charge in [0.25, 0.3) is 5.91 Å². The van der Waals surface area contributed by atoms with Gasteiger partial charge in [0, 0.05) is 23.3 Å². The first-order valence-corrected chi connectivity index (χ1v) is 12.2. The Morgan fingerprint density at radius 3 is 2.41 bits per heavy atom. The molecule has 0 bridgehead atoms. The van der Waals surface area contributed by atoms with E-state index in [1.54, 1.807) is 18.4 Å². The molecular weight excluding hydrogens is 456 g/mol. The highest BCUT2D eigenvalue weighted by Gasteiger charge is 2.15. The fourth-order valence-electron chi connectivity index (χ4n) is 2.60. The highest BCUT2D eigenvalue weighted by atomic mass is 32.2. The van der Waals surface area contributed by atoms with E-state index in [-0.39, 0.29) is 29.4 Å². The summed E-state index contributed by atoms with van der Waals surface area (Å²) < 4.78 is 34.7. The van der Waals surface area contributed by atoms with Crippen molar-refractivity contribution in [3.63, 3.8) is 0 Å². The number of carbonyl (C=O) groups is 1. The van der Waals surface area contributed by atoms with Crippen molar-refractivity contribution in [2.45, 2.75) is 24.5 Å². The molecule has 2 aromatic carbocycles. The van der Waals surface area contributed by atoms with E-state index in [9.17, 15) is 18.3 Å². The van der Waals surface area contributed by atoms with Crippen LogP contribution in [-0.2, 0) is 16.4 Å². The van der Waals surface area contributed by atoms with Crippen LogP contribution in [0.4, 0.5) is 5.13 Å². The number of aliphatic hydroxyl groups is 2. The summed E-state index contributed by atoms with van der Waals surface area (Å²) in [5.41, 5.74) is 0.664. The highest BCUT2D eigenvalue weighted by molar-refractivity contribution is 7.90. The zero-order chi connectivity index (χ0) is 23.3. The SMILES string of the molecule is CC(CO)Oc1cc(Oc2ccc(S(C)(=O)=O)cc2)cc(C(=O)Nc2nc(CO)cs2)c1. The molecule has 1 amide bonds. The largest absolute Gasteiger partial charge is 0.488 e. The number of aromatic nitrogens is 1. The minimum Gasteiger partial charge on any atom is -0.488 e. The number of anilines is 1. The highest BCUT2D eigenvalue weighted by Crippen LogP contribution is 2.29. The van der Waals surface area contributed by atoms with Crippen LogP contribution in [-0.4, -0.2) is 48.5 Å². The number of ether oxygens (including phenoxy) is 2. The number of nitrogens with one attached hydrogen (secondary N) is 1. The fourth-order valence-corrected chi connectivity index (χ4v) is 3.92. The van der Waals surface area contributed by atoms with E-state index in [1.165, 1.54) is 47.7 Å². The minimum atomic E-state index is -3.34. The average molecular weight is 479 g/mol. The zero-order valence-electron chi connectivity index (χ0n) is 17.3. The molecule has 1 heterocycles. The van der Waals surface area contributed by atoms with Crippen LogP contribution in [0.5, 0.6) is 17.2 Å². The average Bonchev–Trinajstić information content (AvgIpc) is 3.20. The molecule has 0 saturated heterocycles. The topological polar surface area (TPSA) is 135 Å². The maximum Gasteiger partial charge on any atom is 0.257 e. The second-order valence-electron chi connectivity index (χ2n) is 6.91. The zero-order valence-corrected chi connectivity index (χ0v) is 18.9. The Balaban J connectivity index is 1.87. The van der Waals surface area contributed by atoms with Gasteiger partial charge in [0.05, 0.1) is 23.8 Å². The Morgan fingerprint density at radius 1 is 1.12 bits per heavy atom. The van der Waals surface area contributed by atoms with Crippen LogP contribution >= 0.6 is 11.3 Å². The first kappa shape index (κ1) is 23.7. The Kier molecular flexibility index (Phi) is 7.46. The number of hydrogen-bond donors (Lipinski definition) is 3. The molecule has 3 N–H and O–H groups in total. The van der Waals surface area contributed by atoms with Gasteiger partial charge in [-0.05, 0) is 43.3 Å². The molecule has 0 aliphatic carbocycles. The summed E-state index contributed by atoms with van der Waals surface area (Å²) in [6, 6.07) is 10.4. The summed E-state index contributed by atoms with van der Waals surface area (Å²) >= 11 is 1.18. The molecule has 0 saturated carbocycles. The summed E-state index contributed by atoms with van der Waals surface area (Å²) in [6.45, 7) is 1.22. The maximum absolute atomic E-state index is 12.7. The molecule has 3 rings (SSSR count). The lowest BCUT2D eigenvalue weighted by Gasteiger charge is -2.15. The van der Waals surface area contributed by atoms with E-state index < -0.39 is 21.8 Å². The summed E-state index contributed by atoms with van der Waals surface area (Å²) in [7, 11) is -3.34. The normalized spacial score (nSPS) is 12.2. The van der Waals surface area contributed by atoms with Crippen molar-refractivity contribution in [3.05, 3.63) is 59.1 Å². The first-order valence-electron chi connectivity index (χ1n) is 9.45. The first-order chi connectivity index (χ1) is 15.2. The van der Waals surface area contributed by atoms with Crippen molar-refractivity contribution in [1.82, 2.24) is 4.98 Å². The number of nitrogens with zero attached hydrogens (tertiary/aromatic N) is 1. The van der Waals surface area contributed by atoms with Gasteiger partial charge in [-0.15, -0.1) is 11.3 Å². The third-order valence-electron chi connectivity index (χ3n) is 4.16. The molecule has 3 aromatic rings. The van der Waals surface area contributed by atoms with Gasteiger partial charge in [-0.2, -0.15) is 0 Å². The number of carbonyl (C=O) groups excluding carboxylic acids is 1. The van der Waals surface area contributed by atoms with Gasteiger partial charge in [-0.25, -0.2) is 13.4 Å². The number of thiazole rings is 1. The molecule has 0 spiro atoms. The second kappa shape index (κ2) is 10.1. The number of sulfone groups is 1. The number of rotatable bonds is 9. The van der Waals surface area contributed by atoms with Gasteiger partial charge in [-0.1, -0.05) is 0 Å². The summed E-state index contributed by atoms with van der Waals surface area (Å²) in [4.78, 5) is 17.0. The van der Waals surface area contributed by atoms with E-state index >= 15 is 0 Å². The Hall–Kier alpha value is -2.99. The lowest BCUT2D eigenvalue weighted by Crippen LogP contribution is -2.17. The van der Waals surface area contributed by atoms with E-state index in [0.29, 0.717) is 22.3 Å². The molecule has 0 aliphatic heterocycles. The van der Waals surface area contributed by atoms with Gasteiger partial charge < -0.3 is 19.7 Å². The quantitative estimate of drug-likeness (QED) is 0.427. The van der Waals surface area contributed by atoms with Crippen LogP contribution in [0, 0.1) is 0 Å². The summed E-state index contributed by atoms with van der Waals surface area (Å²) in [6.07, 6.45) is 0.601. The van der Waals surface area contributed by atoms with Crippen LogP contribution in [0.3, 0.4) is 0 Å². The predicted octanol–water partition coefficient (Wildman–Crippen LogP) is 2.84. The number of hydrogen-bond acceptors (Lipinski definition) is 9. The molecule has 1 unspecified atom stereocenters. The molecule has 0 aliphatic rings. The molecule has 0 radical (unpaired) electrons. The maximum atomic E-state index is 12.7. The lowest BCUT2D eigenvalue weighted by molar-refractivity contribution is 0.102. The van der Waals surface area contributed by atoms with E-state index in [4.69, 9.17) is 14.6 Å². The van der Waals surface area contributed by atoms with Crippen molar-refractivity contribution in [1.29, 1.82) is 0 Å². The third kappa shape index (κ3) is 6.26. The Morgan fingerprint density at radius 2 is 1.81 bits per heavy atom. The Bertz CT molecular complexity index is 1190. The van der Waals surface area contributed by atoms with E-state index in [2.05, 4.69) is 10.3 Å². The lowest BCUT2D eigenvalue weighted by atomic mass is 10.2. The number of benzene rings is 2. The molecule has 32 heavy (non-hydrogen) atoms. The van der Waals surface area contributed by atoms with Crippen molar-refractivity contribution in [2.75, 3.05) is 18.2 Å². The van der Waals surface area contributed by atoms with Gasteiger partial charge in [0.15, 0.2) is 15.0 Å². The molecular formula is C21H22N2O7S2. The molecule has 1 aromatic heterocycles. The minimum absolute atomic E-state index is 0.157.